The molecule has 0 bridgehead atoms. The van der Waals surface area contributed by atoms with Crippen molar-refractivity contribution in [3.8, 4) is 0 Å². The first-order valence-corrected chi connectivity index (χ1v) is 8.43. The molecule has 114 valence electrons. The van der Waals surface area contributed by atoms with E-state index in [1.165, 1.54) is 6.26 Å². The molecular weight excluding hydrogens is 268 g/mol. The Labute approximate surface area is 116 Å². The lowest BCUT2D eigenvalue weighted by atomic mass is 9.98. The van der Waals surface area contributed by atoms with Crippen molar-refractivity contribution in [1.29, 1.82) is 0 Å². The maximum atomic E-state index is 11.8. The molecule has 0 aliphatic heterocycles. The molecule has 0 aliphatic rings. The van der Waals surface area contributed by atoms with Crippen LogP contribution in [0.15, 0.2) is 0 Å². The Morgan fingerprint density at radius 2 is 1.95 bits per heavy atom. The zero-order chi connectivity index (χ0) is 15.1. The molecule has 0 fully saturated rings. The summed E-state index contributed by atoms with van der Waals surface area (Å²) in [6, 6.07) is 0. The van der Waals surface area contributed by atoms with Crippen LogP contribution in [0, 0.1) is 0 Å². The van der Waals surface area contributed by atoms with E-state index in [1.807, 2.05) is 11.9 Å². The Kier molecular flexibility index (Phi) is 7.54. The first-order chi connectivity index (χ1) is 8.64. The molecule has 0 saturated carbocycles. The lowest BCUT2D eigenvalue weighted by molar-refractivity contribution is -0.150. The van der Waals surface area contributed by atoms with Gasteiger partial charge < -0.3 is 15.0 Å². The molecule has 0 rings (SSSR count). The average Bonchev–Trinajstić information content (AvgIpc) is 2.32. The number of ether oxygens (including phenoxy) is 1. The van der Waals surface area contributed by atoms with Gasteiger partial charge in [-0.2, -0.15) is 0 Å². The third kappa shape index (κ3) is 7.49. The van der Waals surface area contributed by atoms with Gasteiger partial charge in [0.25, 0.3) is 0 Å². The van der Waals surface area contributed by atoms with Gasteiger partial charge in [-0.15, -0.1) is 0 Å². The number of rotatable bonds is 9. The largest absolute Gasteiger partial charge is 0.465 e. The summed E-state index contributed by atoms with van der Waals surface area (Å²) in [6.07, 6.45) is 1.78. The Hall–Kier alpha value is -0.660. The molecule has 0 aromatic rings. The summed E-state index contributed by atoms with van der Waals surface area (Å²) in [5, 5.41) is 2.97. The van der Waals surface area contributed by atoms with Gasteiger partial charge in [0, 0.05) is 19.3 Å². The predicted molar refractivity (Wildman–Crippen MR) is 75.9 cm³/mol. The summed E-state index contributed by atoms with van der Waals surface area (Å²) in [5.41, 5.74) is -0.741. The molecule has 0 saturated heterocycles. The number of likely N-dealkylation sites (N-methyl/N-ethyl adjacent to an activating group) is 1. The molecule has 0 amide bonds. The van der Waals surface area contributed by atoms with Crippen LogP contribution in [0.1, 0.15) is 20.3 Å². The van der Waals surface area contributed by atoms with Gasteiger partial charge in [-0.05, 0) is 34.4 Å². The molecule has 0 spiro atoms. The van der Waals surface area contributed by atoms with Crippen LogP contribution in [0.2, 0.25) is 0 Å². The first-order valence-electron chi connectivity index (χ1n) is 6.37. The second kappa shape index (κ2) is 7.81. The fraction of sp³-hybridized carbons (Fsp3) is 0.917. The number of carbonyl (C=O) groups is 1. The van der Waals surface area contributed by atoms with Crippen LogP contribution in [0.4, 0.5) is 0 Å². The minimum Gasteiger partial charge on any atom is -0.465 e. The van der Waals surface area contributed by atoms with Crippen molar-refractivity contribution in [2.24, 2.45) is 0 Å². The highest BCUT2D eigenvalue weighted by atomic mass is 32.2. The third-order valence-corrected chi connectivity index (χ3v) is 4.04. The van der Waals surface area contributed by atoms with E-state index in [9.17, 15) is 13.2 Å². The summed E-state index contributed by atoms with van der Waals surface area (Å²) in [6.45, 7) is 4.98. The van der Waals surface area contributed by atoms with Gasteiger partial charge in [0.15, 0.2) is 0 Å². The summed E-state index contributed by atoms with van der Waals surface area (Å²) < 4.78 is 27.2. The SMILES string of the molecule is CCOC(=O)C(C)(CCN(C)CCS(C)(=O)=O)NC. The van der Waals surface area contributed by atoms with Gasteiger partial charge in [-0.3, -0.25) is 4.79 Å². The van der Waals surface area contributed by atoms with Gasteiger partial charge in [0.05, 0.1) is 12.4 Å². The molecule has 0 radical (unpaired) electrons. The van der Waals surface area contributed by atoms with E-state index in [4.69, 9.17) is 4.74 Å². The standard InChI is InChI=1S/C12H26N2O4S/c1-6-18-11(15)12(2,13-3)7-8-14(4)9-10-19(5,16)17/h13H,6-10H2,1-5H3. The van der Waals surface area contributed by atoms with Crippen LogP contribution in [-0.2, 0) is 19.4 Å². The summed E-state index contributed by atoms with van der Waals surface area (Å²) in [5.74, 6) is -0.159. The molecule has 0 heterocycles. The van der Waals surface area contributed by atoms with Crippen LogP contribution >= 0.6 is 0 Å². The molecule has 0 aromatic carbocycles. The van der Waals surface area contributed by atoms with E-state index in [2.05, 4.69) is 5.32 Å². The van der Waals surface area contributed by atoms with E-state index in [0.717, 1.165) is 0 Å². The topological polar surface area (TPSA) is 75.7 Å². The van der Waals surface area contributed by atoms with Gasteiger partial charge in [-0.25, -0.2) is 8.42 Å². The predicted octanol–water partition coefficient (Wildman–Crippen LogP) is -0.106. The van der Waals surface area contributed by atoms with E-state index < -0.39 is 15.4 Å². The lowest BCUT2D eigenvalue weighted by Crippen LogP contribution is -2.50. The molecule has 0 aliphatic carbocycles. The van der Waals surface area contributed by atoms with Crippen molar-refractivity contribution in [2.75, 3.05) is 45.8 Å². The number of hydrogen-bond acceptors (Lipinski definition) is 6. The molecule has 0 aromatic heterocycles. The van der Waals surface area contributed by atoms with Crippen molar-refractivity contribution in [2.45, 2.75) is 25.8 Å². The number of carbonyl (C=O) groups excluding carboxylic acids is 1. The van der Waals surface area contributed by atoms with Crippen molar-refractivity contribution >= 4 is 15.8 Å². The zero-order valence-corrected chi connectivity index (χ0v) is 13.3. The number of hydrogen-bond donors (Lipinski definition) is 1. The van der Waals surface area contributed by atoms with Gasteiger partial charge >= 0.3 is 5.97 Å². The average molecular weight is 294 g/mol. The molecule has 1 unspecified atom stereocenters. The fourth-order valence-corrected chi connectivity index (χ4v) is 2.11. The van der Waals surface area contributed by atoms with Crippen LogP contribution in [0.25, 0.3) is 0 Å². The van der Waals surface area contributed by atoms with Gasteiger partial charge in [-0.1, -0.05) is 0 Å². The Bertz CT molecular complexity index is 383. The van der Waals surface area contributed by atoms with Crippen LogP contribution in [-0.4, -0.2) is 70.6 Å². The molecular formula is C12H26N2O4S. The van der Waals surface area contributed by atoms with Gasteiger partial charge in [0.1, 0.15) is 15.4 Å². The smallest absolute Gasteiger partial charge is 0.326 e. The second-order valence-corrected chi connectivity index (χ2v) is 7.25. The maximum absolute atomic E-state index is 11.8. The Morgan fingerprint density at radius 3 is 2.37 bits per heavy atom. The number of nitrogens with zero attached hydrogens (tertiary/aromatic N) is 1. The van der Waals surface area contributed by atoms with E-state index >= 15 is 0 Å². The Morgan fingerprint density at radius 1 is 1.37 bits per heavy atom. The van der Waals surface area contributed by atoms with E-state index in [1.54, 1.807) is 20.9 Å². The highest BCUT2D eigenvalue weighted by Crippen LogP contribution is 2.12. The van der Waals surface area contributed by atoms with Crippen LogP contribution in [0.3, 0.4) is 0 Å². The summed E-state index contributed by atoms with van der Waals surface area (Å²) in [7, 11) is 0.603. The summed E-state index contributed by atoms with van der Waals surface area (Å²) in [4.78, 5) is 13.7. The van der Waals surface area contributed by atoms with Crippen molar-refractivity contribution in [3.63, 3.8) is 0 Å². The summed E-state index contributed by atoms with van der Waals surface area (Å²) >= 11 is 0. The minimum atomic E-state index is -2.95. The van der Waals surface area contributed by atoms with Crippen LogP contribution in [0.5, 0.6) is 0 Å². The Balaban J connectivity index is 4.30. The second-order valence-electron chi connectivity index (χ2n) is 4.99. The zero-order valence-electron chi connectivity index (χ0n) is 12.5. The molecule has 7 heteroatoms. The van der Waals surface area contributed by atoms with Crippen molar-refractivity contribution in [3.05, 3.63) is 0 Å². The molecule has 1 N–H and O–H groups in total. The number of nitrogens with one attached hydrogen (secondary N) is 1. The molecule has 6 nitrogen and oxygen atoms in total. The molecule has 19 heavy (non-hydrogen) atoms. The maximum Gasteiger partial charge on any atom is 0.326 e. The van der Waals surface area contributed by atoms with E-state index in [0.29, 0.717) is 26.1 Å². The number of esters is 1. The normalized spacial score (nSPS) is 15.3. The highest BCUT2D eigenvalue weighted by Gasteiger charge is 2.32. The van der Waals surface area contributed by atoms with Crippen molar-refractivity contribution in [1.82, 2.24) is 10.2 Å². The van der Waals surface area contributed by atoms with Gasteiger partial charge in [0.2, 0.25) is 0 Å². The minimum absolute atomic E-state index is 0.124. The lowest BCUT2D eigenvalue weighted by Gasteiger charge is -2.28. The fourth-order valence-electron chi connectivity index (χ4n) is 1.47. The highest BCUT2D eigenvalue weighted by molar-refractivity contribution is 7.90. The van der Waals surface area contributed by atoms with E-state index in [-0.39, 0.29) is 11.7 Å². The monoisotopic (exact) mass is 294 g/mol. The first kappa shape index (κ1) is 18.3. The quantitative estimate of drug-likeness (QED) is 0.598. The molecule has 1 atom stereocenters. The number of sulfone groups is 1. The third-order valence-electron chi connectivity index (χ3n) is 3.12. The van der Waals surface area contributed by atoms with Crippen molar-refractivity contribution < 1.29 is 17.9 Å². The van der Waals surface area contributed by atoms with Crippen LogP contribution < -0.4 is 5.32 Å².